The second-order valence-electron chi connectivity index (χ2n) is 3.98. The van der Waals surface area contributed by atoms with Crippen LogP contribution in [-0.2, 0) is 9.47 Å². The summed E-state index contributed by atoms with van der Waals surface area (Å²) in [7, 11) is 0. The van der Waals surface area contributed by atoms with E-state index in [9.17, 15) is 0 Å². The molecule has 3 heteroatoms. The van der Waals surface area contributed by atoms with Crippen LogP contribution in [0.5, 0.6) is 0 Å². The molecule has 0 bridgehead atoms. The van der Waals surface area contributed by atoms with Gasteiger partial charge in [-0.25, -0.2) is 0 Å². The summed E-state index contributed by atoms with van der Waals surface area (Å²) >= 11 is 0. The van der Waals surface area contributed by atoms with Crippen molar-refractivity contribution in [2.24, 2.45) is 5.92 Å². The molecule has 0 saturated carbocycles. The maximum absolute atomic E-state index is 5.40. The predicted molar refractivity (Wildman–Crippen MR) is 57.5 cm³/mol. The topological polar surface area (TPSA) is 30.5 Å². The molecule has 1 saturated heterocycles. The summed E-state index contributed by atoms with van der Waals surface area (Å²) in [6, 6.07) is 0.558. The Morgan fingerprint density at radius 2 is 2.36 bits per heavy atom. The van der Waals surface area contributed by atoms with Crippen molar-refractivity contribution in [2.75, 3.05) is 33.0 Å². The second kappa shape index (κ2) is 7.21. The quantitative estimate of drug-likeness (QED) is 0.632. The zero-order valence-corrected chi connectivity index (χ0v) is 9.42. The van der Waals surface area contributed by atoms with Gasteiger partial charge >= 0.3 is 0 Å². The minimum absolute atomic E-state index is 0.558. The molecule has 3 nitrogen and oxygen atoms in total. The molecule has 0 aromatic carbocycles. The molecule has 84 valence electrons. The number of hydrogen-bond donors (Lipinski definition) is 1. The molecule has 2 atom stereocenters. The van der Waals surface area contributed by atoms with Crippen molar-refractivity contribution in [3.63, 3.8) is 0 Å². The Kier molecular flexibility index (Phi) is 6.15. The highest BCUT2D eigenvalue weighted by Crippen LogP contribution is 2.15. The number of ether oxygens (including phenoxy) is 2. The lowest BCUT2D eigenvalue weighted by atomic mass is 10.0. The maximum atomic E-state index is 5.40. The van der Waals surface area contributed by atoms with E-state index in [1.165, 1.54) is 6.42 Å². The standard InChI is InChI=1S/C11H23NO2/c1-3-6-13-8-5-12-10(2)11-4-7-14-9-11/h10-12H,3-9H2,1-2H3. The van der Waals surface area contributed by atoms with Crippen LogP contribution in [0.2, 0.25) is 0 Å². The maximum Gasteiger partial charge on any atom is 0.0590 e. The number of hydrogen-bond acceptors (Lipinski definition) is 3. The van der Waals surface area contributed by atoms with Crippen molar-refractivity contribution in [2.45, 2.75) is 32.7 Å². The summed E-state index contributed by atoms with van der Waals surface area (Å²) in [6.07, 6.45) is 2.30. The van der Waals surface area contributed by atoms with E-state index in [2.05, 4.69) is 19.2 Å². The second-order valence-corrected chi connectivity index (χ2v) is 3.98. The van der Waals surface area contributed by atoms with Gasteiger partial charge in [-0.05, 0) is 25.7 Å². The summed E-state index contributed by atoms with van der Waals surface area (Å²) in [4.78, 5) is 0. The van der Waals surface area contributed by atoms with E-state index >= 15 is 0 Å². The van der Waals surface area contributed by atoms with Crippen LogP contribution in [0.1, 0.15) is 26.7 Å². The highest BCUT2D eigenvalue weighted by molar-refractivity contribution is 4.75. The van der Waals surface area contributed by atoms with Crippen LogP contribution in [0.25, 0.3) is 0 Å². The molecular weight excluding hydrogens is 178 g/mol. The lowest BCUT2D eigenvalue weighted by Gasteiger charge is -2.19. The summed E-state index contributed by atoms with van der Waals surface area (Å²) < 4.78 is 10.8. The summed E-state index contributed by atoms with van der Waals surface area (Å²) in [6.45, 7) is 8.88. The summed E-state index contributed by atoms with van der Waals surface area (Å²) in [5.41, 5.74) is 0. The van der Waals surface area contributed by atoms with Crippen LogP contribution < -0.4 is 5.32 Å². The van der Waals surface area contributed by atoms with Gasteiger partial charge in [0, 0.05) is 25.8 Å². The van der Waals surface area contributed by atoms with Gasteiger partial charge in [-0.1, -0.05) is 6.92 Å². The SMILES string of the molecule is CCCOCCNC(C)C1CCOC1. The first kappa shape index (κ1) is 12.0. The van der Waals surface area contributed by atoms with E-state index in [1.54, 1.807) is 0 Å². The van der Waals surface area contributed by atoms with Gasteiger partial charge < -0.3 is 14.8 Å². The van der Waals surface area contributed by atoms with E-state index in [-0.39, 0.29) is 0 Å². The van der Waals surface area contributed by atoms with Gasteiger partial charge in [-0.15, -0.1) is 0 Å². The molecule has 0 spiro atoms. The molecule has 0 aromatic rings. The number of nitrogens with one attached hydrogen (secondary N) is 1. The fourth-order valence-electron chi connectivity index (χ4n) is 1.72. The Balaban J connectivity index is 1.94. The lowest BCUT2D eigenvalue weighted by molar-refractivity contribution is 0.131. The minimum Gasteiger partial charge on any atom is -0.381 e. The van der Waals surface area contributed by atoms with Crippen molar-refractivity contribution in [3.05, 3.63) is 0 Å². The first-order valence-electron chi connectivity index (χ1n) is 5.73. The zero-order chi connectivity index (χ0) is 10.2. The van der Waals surface area contributed by atoms with E-state index < -0.39 is 0 Å². The van der Waals surface area contributed by atoms with Gasteiger partial charge in [0.15, 0.2) is 0 Å². The van der Waals surface area contributed by atoms with Crippen LogP contribution in [-0.4, -0.2) is 39.0 Å². The van der Waals surface area contributed by atoms with Gasteiger partial charge in [0.25, 0.3) is 0 Å². The normalized spacial score (nSPS) is 24.0. The fourth-order valence-corrected chi connectivity index (χ4v) is 1.72. The molecule has 0 aliphatic carbocycles. The number of rotatable bonds is 7. The molecule has 1 fully saturated rings. The highest BCUT2D eigenvalue weighted by atomic mass is 16.5. The average Bonchev–Trinajstić information content (AvgIpc) is 2.70. The van der Waals surface area contributed by atoms with Crippen LogP contribution in [0.3, 0.4) is 0 Å². The molecule has 1 N–H and O–H groups in total. The Morgan fingerprint density at radius 3 is 3.00 bits per heavy atom. The van der Waals surface area contributed by atoms with Gasteiger partial charge in [0.2, 0.25) is 0 Å². The molecular formula is C11H23NO2. The van der Waals surface area contributed by atoms with Gasteiger partial charge in [0.1, 0.15) is 0 Å². The molecule has 14 heavy (non-hydrogen) atoms. The van der Waals surface area contributed by atoms with Gasteiger partial charge in [-0.2, -0.15) is 0 Å². The monoisotopic (exact) mass is 201 g/mol. The summed E-state index contributed by atoms with van der Waals surface area (Å²) in [5.74, 6) is 0.696. The Bertz CT molecular complexity index is 135. The highest BCUT2D eigenvalue weighted by Gasteiger charge is 2.21. The molecule has 1 rings (SSSR count). The van der Waals surface area contributed by atoms with Crippen LogP contribution in [0.15, 0.2) is 0 Å². The Morgan fingerprint density at radius 1 is 1.50 bits per heavy atom. The van der Waals surface area contributed by atoms with Crippen LogP contribution in [0.4, 0.5) is 0 Å². The van der Waals surface area contributed by atoms with Crippen molar-refractivity contribution < 1.29 is 9.47 Å². The van der Waals surface area contributed by atoms with E-state index in [1.807, 2.05) is 0 Å². The molecule has 1 aliphatic heterocycles. The Hall–Kier alpha value is -0.120. The zero-order valence-electron chi connectivity index (χ0n) is 9.42. The van der Waals surface area contributed by atoms with Crippen molar-refractivity contribution in [1.29, 1.82) is 0 Å². The van der Waals surface area contributed by atoms with E-state index in [4.69, 9.17) is 9.47 Å². The summed E-state index contributed by atoms with van der Waals surface area (Å²) in [5, 5.41) is 3.48. The van der Waals surface area contributed by atoms with Crippen molar-refractivity contribution in [1.82, 2.24) is 5.32 Å². The largest absolute Gasteiger partial charge is 0.381 e. The van der Waals surface area contributed by atoms with Crippen LogP contribution >= 0.6 is 0 Å². The molecule has 2 unspecified atom stereocenters. The Labute approximate surface area is 87.2 Å². The fraction of sp³-hybridized carbons (Fsp3) is 1.00. The van der Waals surface area contributed by atoms with E-state index in [0.29, 0.717) is 12.0 Å². The van der Waals surface area contributed by atoms with Crippen molar-refractivity contribution >= 4 is 0 Å². The smallest absolute Gasteiger partial charge is 0.0590 e. The first-order chi connectivity index (χ1) is 6.84. The van der Waals surface area contributed by atoms with Crippen LogP contribution in [0, 0.1) is 5.92 Å². The molecule has 0 radical (unpaired) electrons. The third kappa shape index (κ3) is 4.40. The third-order valence-electron chi connectivity index (χ3n) is 2.73. The molecule has 1 heterocycles. The minimum atomic E-state index is 0.558. The first-order valence-corrected chi connectivity index (χ1v) is 5.73. The molecule has 0 amide bonds. The molecule has 1 aliphatic rings. The average molecular weight is 201 g/mol. The third-order valence-corrected chi connectivity index (χ3v) is 2.73. The predicted octanol–water partition coefficient (Wildman–Crippen LogP) is 1.43. The van der Waals surface area contributed by atoms with Gasteiger partial charge in [-0.3, -0.25) is 0 Å². The van der Waals surface area contributed by atoms with E-state index in [0.717, 1.165) is 39.4 Å². The lowest BCUT2D eigenvalue weighted by Crippen LogP contribution is -2.36. The molecule has 0 aromatic heterocycles. The van der Waals surface area contributed by atoms with Crippen molar-refractivity contribution in [3.8, 4) is 0 Å². The van der Waals surface area contributed by atoms with Gasteiger partial charge in [0.05, 0.1) is 13.2 Å².